The largest absolute Gasteiger partial charge is 0.455 e. The third-order valence-electron chi connectivity index (χ3n) is 20.9. The summed E-state index contributed by atoms with van der Waals surface area (Å²) in [4.78, 5) is 41.5. The zero-order chi connectivity index (χ0) is 77.6. The number of fused-ring (bicyclic) bond motifs is 11. The topological polar surface area (TPSA) is 129 Å². The highest BCUT2D eigenvalue weighted by atomic mass is 35.5. The molecule has 0 fully saturated rings. The van der Waals surface area contributed by atoms with Gasteiger partial charge in [-0.2, -0.15) is 29.9 Å². The molecule has 15 heteroatoms. The van der Waals surface area contributed by atoms with Crippen LogP contribution >= 0.6 is 57.5 Å². The van der Waals surface area contributed by atoms with E-state index in [4.69, 9.17) is 54.2 Å². The van der Waals surface area contributed by atoms with Gasteiger partial charge in [-0.1, -0.05) is 309 Å². The van der Waals surface area contributed by atoms with Crippen LogP contribution in [0.2, 0.25) is 15.9 Å². The van der Waals surface area contributed by atoms with E-state index in [0.717, 1.165) is 116 Å². The fourth-order valence-electron chi connectivity index (χ4n) is 15.4. The van der Waals surface area contributed by atoms with Crippen LogP contribution in [0.25, 0.3) is 208 Å². The Bertz CT molecular complexity index is 7500. The molecule has 0 spiro atoms. The van der Waals surface area contributed by atoms with Gasteiger partial charge in [0.05, 0.1) is 0 Å². The Hall–Kier alpha value is -13.8. The summed E-state index contributed by atoms with van der Waals surface area (Å²) in [5.41, 5.74) is 18.3. The minimum Gasteiger partial charge on any atom is -0.455 e. The number of para-hydroxylation sites is 2. The van der Waals surface area contributed by atoms with E-state index in [1.165, 1.54) is 56.7 Å². The zero-order valence-electron chi connectivity index (χ0n) is 61.5. The van der Waals surface area contributed by atoms with E-state index in [9.17, 15) is 0 Å². The summed E-state index contributed by atoms with van der Waals surface area (Å²) in [6, 6.07) is 125. The van der Waals surface area contributed by atoms with E-state index >= 15 is 0 Å². The molecule has 0 bridgehead atoms. The molecular formula is C101H60Cl3N9OS2. The summed E-state index contributed by atoms with van der Waals surface area (Å²) in [5.74, 6) is 3.28. The molecule has 10 nitrogen and oxygen atoms in total. The van der Waals surface area contributed by atoms with Crippen molar-refractivity contribution >= 4 is 141 Å². The number of hydrogen-bond donors (Lipinski definition) is 0. The highest BCUT2D eigenvalue weighted by molar-refractivity contribution is 7.26. The number of halogens is 3. The second-order valence-corrected chi connectivity index (χ2v) is 31.1. The molecule has 22 rings (SSSR count). The normalized spacial score (nSPS) is 11.4. The zero-order valence-corrected chi connectivity index (χ0v) is 65.4. The van der Waals surface area contributed by atoms with Crippen molar-refractivity contribution in [2.24, 2.45) is 0 Å². The van der Waals surface area contributed by atoms with Crippen molar-refractivity contribution in [3.8, 4) is 124 Å². The summed E-state index contributed by atoms with van der Waals surface area (Å²) in [6.07, 6.45) is 0. The van der Waals surface area contributed by atoms with Crippen molar-refractivity contribution in [1.29, 1.82) is 0 Å². The van der Waals surface area contributed by atoms with Gasteiger partial charge in [-0.25, -0.2) is 15.0 Å². The number of nitrogens with zero attached hydrogens (tertiary/aromatic N) is 9. The molecule has 6 aromatic heterocycles. The summed E-state index contributed by atoms with van der Waals surface area (Å²) in [7, 11) is 0. The van der Waals surface area contributed by atoms with Crippen LogP contribution in [0.5, 0.6) is 0 Å². The monoisotopic (exact) mass is 1580 g/mol. The fraction of sp³-hybridized carbons (Fsp3) is 0. The Kier molecular flexibility index (Phi) is 19.0. The molecule has 6 heterocycles. The molecule has 0 saturated heterocycles. The summed E-state index contributed by atoms with van der Waals surface area (Å²) >= 11 is 22.9. The van der Waals surface area contributed by atoms with Crippen molar-refractivity contribution in [2.45, 2.75) is 0 Å². The third-order valence-corrected chi connectivity index (χ3v) is 23.7. The SMILES string of the molecule is Clc1nc(-c2ccc(-c3cccc4ccccc34)cc2)nc(-c2ccc3sc4ccccc4c3c2)n1.Clc1nc(-c2ccc(-c3ccccc3)cc2)nc(-c2cc(-c3cccc4c3oc3ccccc34)c3ccccc3c2)n1.Clc1nc(-c2ccc(-c3ccccc3)cc2)nc(-c2ccccc2-c2cccc3sc4ccccc4c23)n1. The van der Waals surface area contributed by atoms with Crippen LogP contribution < -0.4 is 0 Å². The van der Waals surface area contributed by atoms with E-state index in [0.29, 0.717) is 34.9 Å². The first-order valence-electron chi connectivity index (χ1n) is 37.7. The Balaban J connectivity index is 0.000000113. The van der Waals surface area contributed by atoms with Gasteiger partial charge in [-0.05, 0) is 161 Å². The summed E-state index contributed by atoms with van der Waals surface area (Å²) in [5, 5.41) is 12.3. The van der Waals surface area contributed by atoms with Crippen LogP contribution in [0.15, 0.2) is 368 Å². The maximum atomic E-state index is 6.50. The molecule has 0 atom stereocenters. The van der Waals surface area contributed by atoms with Gasteiger partial charge in [-0.3, -0.25) is 0 Å². The van der Waals surface area contributed by atoms with E-state index in [-0.39, 0.29) is 15.9 Å². The van der Waals surface area contributed by atoms with Crippen LogP contribution in [0.4, 0.5) is 0 Å². The highest BCUT2D eigenvalue weighted by Crippen LogP contribution is 2.45. The average Bonchev–Trinajstić information content (AvgIpc) is 1.65. The first-order chi connectivity index (χ1) is 57.2. The van der Waals surface area contributed by atoms with Crippen molar-refractivity contribution in [3.63, 3.8) is 0 Å². The first kappa shape index (κ1) is 71.2. The molecule has 0 saturated carbocycles. The Morgan fingerprint density at radius 2 is 0.586 bits per heavy atom. The third kappa shape index (κ3) is 14.0. The van der Waals surface area contributed by atoms with Crippen LogP contribution in [0.3, 0.4) is 0 Å². The standard InChI is InChI=1S/C37H22ClN3O.C33H20ClN3S.C31H18ClN3S/c38-37-40-35(25-19-17-24(18-20-25)23-9-2-1-3-10-23)39-36(41-37)27-21-26-11-4-5-12-28(26)32(22-27)31-15-8-14-30-29-13-6-7-16-33(29)42-34(30)31;34-33-36-31(23-19-17-22(18-20-23)21-9-2-1-3-10-21)35-32(37-33)26-12-5-4-11-24(26)25-14-8-16-29-30(25)27-13-6-7-15-28(27)38-29;32-31-34-29(21-14-12-20(13-15-21)24-10-5-7-19-6-1-2-8-23(19)24)33-30(35-31)22-16-17-28-26(18-22)25-9-3-4-11-27(25)36-28/h1-22H;1-20H;1-18H. The molecule has 22 aromatic rings. The van der Waals surface area contributed by atoms with Gasteiger partial charge in [-0.15, -0.1) is 22.7 Å². The molecule has 548 valence electrons. The number of hydrogen-bond acceptors (Lipinski definition) is 12. The van der Waals surface area contributed by atoms with Crippen LogP contribution in [-0.2, 0) is 0 Å². The van der Waals surface area contributed by atoms with Crippen molar-refractivity contribution in [3.05, 3.63) is 380 Å². The van der Waals surface area contributed by atoms with E-state index in [2.05, 4.69) is 291 Å². The van der Waals surface area contributed by atoms with Crippen molar-refractivity contribution in [2.75, 3.05) is 0 Å². The number of benzene rings is 16. The van der Waals surface area contributed by atoms with Crippen LogP contribution in [0.1, 0.15) is 0 Å². The van der Waals surface area contributed by atoms with Gasteiger partial charge in [0.15, 0.2) is 34.9 Å². The summed E-state index contributed by atoms with van der Waals surface area (Å²) < 4.78 is 11.4. The second-order valence-electron chi connectivity index (χ2n) is 27.9. The first-order valence-corrected chi connectivity index (χ1v) is 40.5. The molecule has 0 N–H and O–H groups in total. The number of thiophene rings is 2. The number of rotatable bonds is 11. The maximum Gasteiger partial charge on any atom is 0.226 e. The second kappa shape index (κ2) is 30.9. The fourth-order valence-corrected chi connectivity index (χ4v) is 18.1. The molecule has 0 aliphatic heterocycles. The van der Waals surface area contributed by atoms with Gasteiger partial charge in [0.25, 0.3) is 0 Å². The Labute approximate surface area is 689 Å². The van der Waals surface area contributed by atoms with Crippen LogP contribution in [-0.4, -0.2) is 44.9 Å². The predicted octanol–water partition coefficient (Wildman–Crippen LogP) is 28.9. The lowest BCUT2D eigenvalue weighted by atomic mass is 9.94. The smallest absolute Gasteiger partial charge is 0.226 e. The molecule has 116 heavy (non-hydrogen) atoms. The van der Waals surface area contributed by atoms with Crippen molar-refractivity contribution < 1.29 is 4.42 Å². The highest BCUT2D eigenvalue weighted by Gasteiger charge is 2.22. The minimum absolute atomic E-state index is 0.149. The van der Waals surface area contributed by atoms with E-state index in [1.54, 1.807) is 11.3 Å². The van der Waals surface area contributed by atoms with E-state index in [1.807, 2.05) is 114 Å². The molecule has 16 aromatic carbocycles. The lowest BCUT2D eigenvalue weighted by Crippen LogP contribution is -1.98. The number of furan rings is 1. The predicted molar refractivity (Wildman–Crippen MR) is 482 cm³/mol. The Morgan fingerprint density at radius 1 is 0.198 bits per heavy atom. The molecule has 0 aliphatic carbocycles. The van der Waals surface area contributed by atoms with E-state index < -0.39 is 0 Å². The lowest BCUT2D eigenvalue weighted by Gasteiger charge is -2.12. The quantitative estimate of drug-likeness (QED) is 0.123. The minimum atomic E-state index is 0.149. The van der Waals surface area contributed by atoms with Gasteiger partial charge < -0.3 is 4.42 Å². The van der Waals surface area contributed by atoms with Crippen LogP contribution in [0, 0.1) is 0 Å². The van der Waals surface area contributed by atoms with Gasteiger partial charge >= 0.3 is 0 Å². The molecular weight excluding hydrogens is 1530 g/mol. The molecule has 0 amide bonds. The van der Waals surface area contributed by atoms with Crippen molar-refractivity contribution in [1.82, 2.24) is 44.9 Å². The number of aromatic nitrogens is 9. The molecule has 0 radical (unpaired) electrons. The summed E-state index contributed by atoms with van der Waals surface area (Å²) in [6.45, 7) is 0. The Morgan fingerprint density at radius 3 is 1.23 bits per heavy atom. The van der Waals surface area contributed by atoms with Gasteiger partial charge in [0.2, 0.25) is 15.9 Å². The lowest BCUT2D eigenvalue weighted by molar-refractivity contribution is 0.670. The maximum absolute atomic E-state index is 6.50. The molecule has 0 aliphatic rings. The average molecular weight is 1590 g/mol. The van der Waals surface area contributed by atoms with Gasteiger partial charge in [0.1, 0.15) is 11.2 Å². The van der Waals surface area contributed by atoms with Gasteiger partial charge in [0, 0.05) is 90.1 Å². The molecule has 0 unspecified atom stereocenters.